The molecule has 5 heteroatoms. The van der Waals surface area contributed by atoms with E-state index in [0.717, 1.165) is 30.4 Å². The first kappa shape index (κ1) is 21.4. The average Bonchev–Trinajstić information content (AvgIpc) is 3.60. The molecule has 1 aliphatic carbocycles. The van der Waals surface area contributed by atoms with E-state index in [1.807, 2.05) is 56.0 Å². The summed E-state index contributed by atoms with van der Waals surface area (Å²) in [6.45, 7) is 6.56. The largest absolute Gasteiger partial charge is 0.481 e. The number of fused-ring (bicyclic) bond motifs is 1. The van der Waals surface area contributed by atoms with Crippen LogP contribution in [0.1, 0.15) is 62.8 Å². The summed E-state index contributed by atoms with van der Waals surface area (Å²) in [5.74, 6) is 0.721. The number of benzene rings is 2. The zero-order valence-corrected chi connectivity index (χ0v) is 18.6. The van der Waals surface area contributed by atoms with Crippen molar-refractivity contribution in [2.45, 2.75) is 64.6 Å². The Balaban J connectivity index is 1.65. The van der Waals surface area contributed by atoms with E-state index in [9.17, 15) is 9.59 Å². The van der Waals surface area contributed by atoms with Gasteiger partial charge in [0.2, 0.25) is 5.91 Å². The molecule has 2 aliphatic rings. The van der Waals surface area contributed by atoms with E-state index in [2.05, 4.69) is 23.5 Å². The lowest BCUT2D eigenvalue weighted by Crippen LogP contribution is -2.42. The summed E-state index contributed by atoms with van der Waals surface area (Å²) in [5.41, 5.74) is 3.40. The Bertz CT molecular complexity index is 937. The molecule has 4 rings (SSSR count). The van der Waals surface area contributed by atoms with Gasteiger partial charge in [0.15, 0.2) is 6.10 Å². The van der Waals surface area contributed by atoms with Crippen molar-refractivity contribution in [1.82, 2.24) is 10.2 Å². The van der Waals surface area contributed by atoms with E-state index in [1.54, 1.807) is 0 Å². The Hall–Kier alpha value is -2.82. The van der Waals surface area contributed by atoms with Crippen molar-refractivity contribution in [2.75, 3.05) is 6.54 Å². The monoisotopic (exact) mass is 420 g/mol. The van der Waals surface area contributed by atoms with E-state index in [-0.39, 0.29) is 23.8 Å². The van der Waals surface area contributed by atoms with E-state index >= 15 is 0 Å². The fraction of sp³-hybridized carbons (Fsp3) is 0.462. The number of nitrogens with zero attached hydrogens (tertiary/aromatic N) is 1. The van der Waals surface area contributed by atoms with Crippen molar-refractivity contribution in [3.63, 3.8) is 0 Å². The third kappa shape index (κ3) is 4.76. The minimum Gasteiger partial charge on any atom is -0.481 e. The van der Waals surface area contributed by atoms with Gasteiger partial charge in [0.1, 0.15) is 5.75 Å². The number of amides is 2. The Kier molecular flexibility index (Phi) is 6.30. The summed E-state index contributed by atoms with van der Waals surface area (Å²) in [6, 6.07) is 16.4. The van der Waals surface area contributed by atoms with Gasteiger partial charge in [-0.2, -0.15) is 0 Å². The highest BCUT2D eigenvalue weighted by molar-refractivity contribution is 5.82. The van der Waals surface area contributed by atoms with Crippen LogP contribution in [0.3, 0.4) is 0 Å². The van der Waals surface area contributed by atoms with Gasteiger partial charge >= 0.3 is 0 Å². The third-order valence-electron chi connectivity index (χ3n) is 6.10. The highest BCUT2D eigenvalue weighted by Crippen LogP contribution is 2.38. The molecule has 0 spiro atoms. The molecule has 1 aliphatic heterocycles. The molecule has 0 aromatic heterocycles. The smallest absolute Gasteiger partial charge is 0.261 e. The minimum atomic E-state index is -0.509. The fourth-order valence-electron chi connectivity index (χ4n) is 4.24. The number of rotatable bonds is 7. The van der Waals surface area contributed by atoms with Gasteiger partial charge in [0, 0.05) is 18.5 Å². The van der Waals surface area contributed by atoms with Crippen molar-refractivity contribution in [1.29, 1.82) is 0 Å². The first-order valence-electron chi connectivity index (χ1n) is 11.4. The molecule has 2 aromatic carbocycles. The Morgan fingerprint density at radius 1 is 1.13 bits per heavy atom. The van der Waals surface area contributed by atoms with Gasteiger partial charge in [-0.3, -0.25) is 9.59 Å². The number of ether oxygens (including phenoxy) is 1. The first-order chi connectivity index (χ1) is 15.0. The maximum absolute atomic E-state index is 13.0. The summed E-state index contributed by atoms with van der Waals surface area (Å²) in [6.07, 6.45) is 3.02. The minimum absolute atomic E-state index is 0.0426. The summed E-state index contributed by atoms with van der Waals surface area (Å²) < 4.78 is 6.13. The highest BCUT2D eigenvalue weighted by Gasteiger charge is 2.34. The number of hydrogen-bond donors (Lipinski definition) is 1. The van der Waals surface area contributed by atoms with Gasteiger partial charge in [-0.15, -0.1) is 0 Å². The molecular formula is C26H32N2O3. The molecule has 0 bridgehead atoms. The van der Waals surface area contributed by atoms with Crippen LogP contribution in [-0.2, 0) is 16.0 Å². The van der Waals surface area contributed by atoms with Crippen molar-refractivity contribution < 1.29 is 14.3 Å². The summed E-state index contributed by atoms with van der Waals surface area (Å²) in [4.78, 5) is 27.6. The SMILES string of the molecule is CC[C@H](Oc1ccc2c(c1)[C@@H](c1ccccc1)N(C(=O)C(C)C)CC2)C(=O)NC1CC1. The molecule has 0 saturated heterocycles. The Labute approximate surface area is 184 Å². The van der Waals surface area contributed by atoms with Crippen molar-refractivity contribution in [3.8, 4) is 5.75 Å². The number of carbonyl (C=O) groups excluding carboxylic acids is 2. The summed E-state index contributed by atoms with van der Waals surface area (Å²) in [5, 5.41) is 3.04. The van der Waals surface area contributed by atoms with Crippen molar-refractivity contribution in [2.24, 2.45) is 5.92 Å². The van der Waals surface area contributed by atoms with E-state index in [0.29, 0.717) is 24.8 Å². The lowest BCUT2D eigenvalue weighted by Gasteiger charge is -2.39. The molecular weight excluding hydrogens is 388 g/mol. The van der Waals surface area contributed by atoms with Crippen LogP contribution in [0.5, 0.6) is 5.75 Å². The van der Waals surface area contributed by atoms with Crippen molar-refractivity contribution >= 4 is 11.8 Å². The molecule has 164 valence electrons. The van der Waals surface area contributed by atoms with Gasteiger partial charge in [0.05, 0.1) is 6.04 Å². The average molecular weight is 421 g/mol. The van der Waals surface area contributed by atoms with Crippen LogP contribution >= 0.6 is 0 Å². The third-order valence-corrected chi connectivity index (χ3v) is 6.10. The molecule has 2 aromatic rings. The maximum Gasteiger partial charge on any atom is 0.261 e. The summed E-state index contributed by atoms with van der Waals surface area (Å²) >= 11 is 0. The van der Waals surface area contributed by atoms with Gasteiger partial charge in [-0.1, -0.05) is 57.2 Å². The van der Waals surface area contributed by atoms with Crippen molar-refractivity contribution in [3.05, 3.63) is 65.2 Å². The second kappa shape index (κ2) is 9.13. The van der Waals surface area contributed by atoms with Crippen LogP contribution in [0, 0.1) is 5.92 Å². The van der Waals surface area contributed by atoms with Crippen LogP contribution < -0.4 is 10.1 Å². The van der Waals surface area contributed by atoms with Crippen LogP contribution in [0.2, 0.25) is 0 Å². The summed E-state index contributed by atoms with van der Waals surface area (Å²) in [7, 11) is 0. The predicted molar refractivity (Wildman–Crippen MR) is 121 cm³/mol. The van der Waals surface area contributed by atoms with Crippen LogP contribution in [0.4, 0.5) is 0 Å². The second-order valence-electron chi connectivity index (χ2n) is 8.91. The number of nitrogens with one attached hydrogen (secondary N) is 1. The second-order valence-corrected chi connectivity index (χ2v) is 8.91. The lowest BCUT2D eigenvalue weighted by atomic mass is 9.87. The standard InChI is InChI=1S/C26H32N2O3/c1-4-23(25(29)27-20-11-12-20)31-21-13-10-18-14-15-28(26(30)17(2)3)24(22(18)16-21)19-8-6-5-7-9-19/h5-10,13,16-17,20,23-24H,4,11-12,14-15H2,1-3H3,(H,27,29)/t23-,24+/m0/s1. The van der Waals surface area contributed by atoms with Crippen LogP contribution in [0.25, 0.3) is 0 Å². The molecule has 1 N–H and O–H groups in total. The number of hydrogen-bond acceptors (Lipinski definition) is 3. The van der Waals surface area contributed by atoms with Crippen LogP contribution in [0.15, 0.2) is 48.5 Å². The Morgan fingerprint density at radius 2 is 1.87 bits per heavy atom. The van der Waals surface area contributed by atoms with Gasteiger partial charge in [0.25, 0.3) is 5.91 Å². The molecule has 1 fully saturated rings. The van der Waals surface area contributed by atoms with E-state index < -0.39 is 6.10 Å². The molecule has 1 saturated carbocycles. The normalized spacial score (nSPS) is 19.0. The quantitative estimate of drug-likeness (QED) is 0.728. The molecule has 0 unspecified atom stereocenters. The molecule has 31 heavy (non-hydrogen) atoms. The zero-order valence-electron chi connectivity index (χ0n) is 18.6. The topological polar surface area (TPSA) is 58.6 Å². The molecule has 5 nitrogen and oxygen atoms in total. The molecule has 2 amide bonds. The van der Waals surface area contributed by atoms with Gasteiger partial charge in [-0.05, 0) is 54.5 Å². The molecule has 1 heterocycles. The highest BCUT2D eigenvalue weighted by atomic mass is 16.5. The van der Waals surface area contributed by atoms with E-state index in [1.165, 1.54) is 5.56 Å². The maximum atomic E-state index is 13.0. The Morgan fingerprint density at radius 3 is 2.52 bits per heavy atom. The van der Waals surface area contributed by atoms with Gasteiger partial charge in [-0.25, -0.2) is 0 Å². The number of carbonyl (C=O) groups is 2. The predicted octanol–water partition coefficient (Wildman–Crippen LogP) is 4.25. The van der Waals surface area contributed by atoms with Crippen LogP contribution in [-0.4, -0.2) is 35.4 Å². The lowest BCUT2D eigenvalue weighted by molar-refractivity contribution is -0.136. The molecule has 0 radical (unpaired) electrons. The fourth-order valence-corrected chi connectivity index (χ4v) is 4.24. The van der Waals surface area contributed by atoms with Gasteiger partial charge < -0.3 is 15.0 Å². The molecule has 2 atom stereocenters. The van der Waals surface area contributed by atoms with E-state index in [4.69, 9.17) is 4.74 Å². The first-order valence-corrected chi connectivity index (χ1v) is 11.4. The zero-order chi connectivity index (χ0) is 22.0.